The lowest BCUT2D eigenvalue weighted by Gasteiger charge is -2.59. The quantitative estimate of drug-likeness (QED) is 0.586. The molecule has 0 bridgehead atoms. The summed E-state index contributed by atoms with van der Waals surface area (Å²) in [5.74, 6) is -0.0963. The van der Waals surface area contributed by atoms with E-state index in [9.17, 15) is 45.0 Å². The van der Waals surface area contributed by atoms with E-state index in [0.717, 1.165) is 18.4 Å². The van der Waals surface area contributed by atoms with Crippen LogP contribution in [-0.2, 0) is 22.2 Å². The van der Waals surface area contributed by atoms with Gasteiger partial charge in [0, 0.05) is 49.3 Å². The standard InChI is InChI=1S/C22H22F6N2O4S/c1-35(33,34)30-12-19(13-30)10-29(11-19)9-16-3-2-15(8-18(16)31)14-4-6-17(7-5-14)20(32,21(23,24)25)22(26,27)28/h2-8,31-32H,9-13H2,1H3. The Morgan fingerprint density at radius 3 is 1.86 bits per heavy atom. The van der Waals surface area contributed by atoms with E-state index in [0.29, 0.717) is 56.0 Å². The molecule has 2 heterocycles. The van der Waals surface area contributed by atoms with E-state index < -0.39 is 33.5 Å². The Bertz CT molecular complexity index is 1200. The van der Waals surface area contributed by atoms with Crippen LogP contribution in [0.3, 0.4) is 0 Å². The molecule has 13 heteroatoms. The van der Waals surface area contributed by atoms with Gasteiger partial charge >= 0.3 is 12.4 Å². The molecule has 2 N–H and O–H groups in total. The number of phenolic OH excluding ortho intramolecular Hbond substituents is 1. The highest BCUT2D eigenvalue weighted by molar-refractivity contribution is 7.88. The molecule has 0 saturated carbocycles. The molecule has 4 rings (SSSR count). The maximum atomic E-state index is 13.1. The Hall–Kier alpha value is -2.35. The zero-order valence-electron chi connectivity index (χ0n) is 18.4. The highest BCUT2D eigenvalue weighted by Crippen LogP contribution is 2.50. The van der Waals surface area contributed by atoms with Gasteiger partial charge in [-0.2, -0.15) is 26.3 Å². The summed E-state index contributed by atoms with van der Waals surface area (Å²) in [5.41, 5.74) is -5.25. The van der Waals surface area contributed by atoms with Gasteiger partial charge in [-0.3, -0.25) is 4.90 Å². The van der Waals surface area contributed by atoms with Crippen LogP contribution in [0.4, 0.5) is 26.3 Å². The summed E-state index contributed by atoms with van der Waals surface area (Å²) in [6, 6.07) is 7.67. The molecule has 0 unspecified atom stereocenters. The Balaban J connectivity index is 1.44. The lowest BCUT2D eigenvalue weighted by Crippen LogP contribution is -2.72. The topological polar surface area (TPSA) is 81.1 Å². The number of likely N-dealkylation sites (tertiary alicyclic amines) is 1. The second-order valence-corrected chi connectivity index (χ2v) is 11.3. The van der Waals surface area contributed by atoms with Crippen molar-refractivity contribution in [1.29, 1.82) is 0 Å². The van der Waals surface area contributed by atoms with Crippen LogP contribution >= 0.6 is 0 Å². The molecule has 2 aromatic carbocycles. The van der Waals surface area contributed by atoms with E-state index >= 15 is 0 Å². The minimum Gasteiger partial charge on any atom is -0.508 e. The number of halogens is 6. The van der Waals surface area contributed by atoms with Crippen molar-refractivity contribution in [3.05, 3.63) is 53.6 Å². The molecule has 2 aliphatic heterocycles. The van der Waals surface area contributed by atoms with E-state index in [1.165, 1.54) is 10.4 Å². The van der Waals surface area contributed by atoms with Crippen molar-refractivity contribution in [2.24, 2.45) is 5.41 Å². The summed E-state index contributed by atoms with van der Waals surface area (Å²) in [5, 5.41) is 19.9. The van der Waals surface area contributed by atoms with Crippen molar-refractivity contribution >= 4 is 10.0 Å². The third kappa shape index (κ3) is 4.50. The molecule has 0 aromatic heterocycles. The highest BCUT2D eigenvalue weighted by Gasteiger charge is 2.71. The normalized spacial score (nSPS) is 19.4. The molecule has 0 amide bonds. The Morgan fingerprint density at radius 1 is 0.886 bits per heavy atom. The van der Waals surface area contributed by atoms with Crippen LogP contribution in [0.15, 0.2) is 42.5 Å². The zero-order valence-corrected chi connectivity index (χ0v) is 19.2. The van der Waals surface area contributed by atoms with Gasteiger partial charge in [0.05, 0.1) is 6.26 Å². The first-order valence-electron chi connectivity index (χ1n) is 10.4. The molecule has 2 saturated heterocycles. The first-order chi connectivity index (χ1) is 16.0. The number of nitrogens with zero attached hydrogens (tertiary/aromatic N) is 2. The van der Waals surface area contributed by atoms with Crippen molar-refractivity contribution in [2.45, 2.75) is 24.5 Å². The van der Waals surface area contributed by atoms with Gasteiger partial charge in [0.2, 0.25) is 10.0 Å². The van der Waals surface area contributed by atoms with Gasteiger partial charge in [-0.25, -0.2) is 12.7 Å². The molecule has 2 fully saturated rings. The van der Waals surface area contributed by atoms with E-state index in [1.54, 1.807) is 12.1 Å². The predicted octanol–water partition coefficient (Wildman–Crippen LogP) is 3.45. The van der Waals surface area contributed by atoms with Crippen molar-refractivity contribution in [3.8, 4) is 16.9 Å². The molecule has 2 aromatic rings. The summed E-state index contributed by atoms with van der Waals surface area (Å²) in [4.78, 5) is 2.04. The number of benzene rings is 2. The van der Waals surface area contributed by atoms with Crippen molar-refractivity contribution in [2.75, 3.05) is 32.4 Å². The average Bonchev–Trinajstić information content (AvgIpc) is 2.66. The fraction of sp³-hybridized carbons (Fsp3) is 0.455. The molecule has 2 aliphatic rings. The second kappa shape index (κ2) is 8.08. The van der Waals surface area contributed by atoms with Crippen LogP contribution in [0, 0.1) is 5.41 Å². The van der Waals surface area contributed by atoms with Gasteiger partial charge < -0.3 is 10.2 Å². The maximum Gasteiger partial charge on any atom is 0.430 e. The smallest absolute Gasteiger partial charge is 0.430 e. The first-order valence-corrected chi connectivity index (χ1v) is 12.3. The number of sulfonamides is 1. The fourth-order valence-electron chi connectivity index (χ4n) is 4.66. The van der Waals surface area contributed by atoms with Crippen LogP contribution in [0.1, 0.15) is 11.1 Å². The molecule has 35 heavy (non-hydrogen) atoms. The number of phenols is 1. The maximum absolute atomic E-state index is 13.1. The Labute approximate surface area is 197 Å². The molecule has 1 spiro atoms. The molecular formula is C22H22F6N2O4S. The average molecular weight is 524 g/mol. The number of aliphatic hydroxyl groups is 1. The van der Waals surface area contributed by atoms with Gasteiger partial charge in [-0.05, 0) is 17.2 Å². The monoisotopic (exact) mass is 524 g/mol. The van der Waals surface area contributed by atoms with Crippen LogP contribution < -0.4 is 0 Å². The van der Waals surface area contributed by atoms with E-state index in [1.807, 2.05) is 4.90 Å². The third-order valence-corrected chi connectivity index (χ3v) is 7.74. The van der Waals surface area contributed by atoms with E-state index in [2.05, 4.69) is 0 Å². The lowest BCUT2D eigenvalue weighted by atomic mass is 9.74. The molecule has 192 valence electrons. The van der Waals surface area contributed by atoms with Crippen LogP contribution in [0.25, 0.3) is 11.1 Å². The molecular weight excluding hydrogens is 502 g/mol. The van der Waals surface area contributed by atoms with Crippen LogP contribution in [-0.4, -0.2) is 72.6 Å². The van der Waals surface area contributed by atoms with Crippen molar-refractivity contribution in [1.82, 2.24) is 9.21 Å². The summed E-state index contributed by atoms with van der Waals surface area (Å²) in [6.45, 7) is 2.66. The first kappa shape index (κ1) is 25.7. The van der Waals surface area contributed by atoms with Crippen LogP contribution in [0.5, 0.6) is 5.75 Å². The van der Waals surface area contributed by atoms with Crippen LogP contribution in [0.2, 0.25) is 0 Å². The van der Waals surface area contributed by atoms with Gasteiger partial charge in [-0.15, -0.1) is 0 Å². The van der Waals surface area contributed by atoms with Gasteiger partial charge in [0.25, 0.3) is 5.60 Å². The number of hydrogen-bond acceptors (Lipinski definition) is 5. The summed E-state index contributed by atoms with van der Waals surface area (Å²) >= 11 is 0. The second-order valence-electron chi connectivity index (χ2n) is 9.30. The van der Waals surface area contributed by atoms with Crippen molar-refractivity contribution < 1.29 is 45.0 Å². The number of hydrogen-bond donors (Lipinski definition) is 2. The highest BCUT2D eigenvalue weighted by atomic mass is 32.2. The number of aromatic hydroxyl groups is 1. The fourth-order valence-corrected chi connectivity index (χ4v) is 5.68. The minimum absolute atomic E-state index is 0.0743. The molecule has 0 atom stereocenters. The largest absolute Gasteiger partial charge is 0.508 e. The van der Waals surface area contributed by atoms with Gasteiger partial charge in [-0.1, -0.05) is 36.4 Å². The van der Waals surface area contributed by atoms with E-state index in [4.69, 9.17) is 0 Å². The molecule has 6 nitrogen and oxygen atoms in total. The van der Waals surface area contributed by atoms with Gasteiger partial charge in [0.15, 0.2) is 0 Å². The number of alkyl halides is 6. The summed E-state index contributed by atoms with van der Waals surface area (Å²) < 4.78 is 103. The SMILES string of the molecule is CS(=O)(=O)N1CC2(CN(Cc3ccc(-c4ccc(C(O)(C(F)(F)F)C(F)(F)F)cc4)cc3O)C2)C1. The Kier molecular flexibility index (Phi) is 5.94. The summed E-state index contributed by atoms with van der Waals surface area (Å²) in [6.07, 6.45) is -10.8. The minimum atomic E-state index is -5.97. The Morgan fingerprint density at radius 2 is 1.40 bits per heavy atom. The molecule has 0 aliphatic carbocycles. The zero-order chi connectivity index (χ0) is 26.0. The number of rotatable bonds is 5. The predicted molar refractivity (Wildman–Crippen MR) is 114 cm³/mol. The van der Waals surface area contributed by atoms with Crippen molar-refractivity contribution in [3.63, 3.8) is 0 Å². The van der Waals surface area contributed by atoms with Gasteiger partial charge in [0.1, 0.15) is 5.75 Å². The lowest BCUT2D eigenvalue weighted by molar-refractivity contribution is -0.376. The summed E-state index contributed by atoms with van der Waals surface area (Å²) in [7, 11) is -3.20. The molecule has 0 radical (unpaired) electrons. The van der Waals surface area contributed by atoms with E-state index in [-0.39, 0.29) is 16.7 Å². The third-order valence-electron chi connectivity index (χ3n) is 6.55.